The zero-order valence-electron chi connectivity index (χ0n) is 18.9. The Bertz CT molecular complexity index is 1080. The molecule has 3 aliphatic rings. The Balaban J connectivity index is 1.34. The molecule has 1 amide bonds. The van der Waals surface area contributed by atoms with Crippen LogP contribution in [0.15, 0.2) is 27.4 Å². The number of hydrogen-bond donors (Lipinski definition) is 1. The number of rotatable bonds is 4. The number of amides is 1. The Labute approximate surface area is 188 Å². The number of likely N-dealkylation sites (tertiary alicyclic amines) is 1. The molecule has 2 aromatic rings. The third kappa shape index (κ3) is 3.83. The molecule has 2 heterocycles. The van der Waals surface area contributed by atoms with E-state index in [0.29, 0.717) is 37.3 Å². The first-order valence-corrected chi connectivity index (χ1v) is 12.2. The molecule has 1 N–H and O–H groups in total. The molecule has 2 fully saturated rings. The molecule has 1 unspecified atom stereocenters. The third-order valence-corrected chi connectivity index (χ3v) is 7.86. The van der Waals surface area contributed by atoms with Crippen LogP contribution in [0.3, 0.4) is 0 Å². The van der Waals surface area contributed by atoms with Gasteiger partial charge >= 0.3 is 5.63 Å². The Kier molecular flexibility index (Phi) is 5.74. The number of carbonyl (C=O) groups excluding carboxylic acids is 1. The van der Waals surface area contributed by atoms with E-state index in [0.717, 1.165) is 67.9 Å². The van der Waals surface area contributed by atoms with E-state index < -0.39 is 11.7 Å². The molecule has 1 saturated heterocycles. The summed E-state index contributed by atoms with van der Waals surface area (Å²) in [6, 6.07) is 5.58. The third-order valence-electron chi connectivity index (χ3n) is 7.86. The van der Waals surface area contributed by atoms with Crippen LogP contribution in [0.4, 0.5) is 0 Å². The predicted molar refractivity (Wildman–Crippen MR) is 122 cm³/mol. The molecule has 1 aromatic carbocycles. The summed E-state index contributed by atoms with van der Waals surface area (Å²) in [5.41, 5.74) is 1.59. The van der Waals surface area contributed by atoms with E-state index >= 15 is 0 Å². The van der Waals surface area contributed by atoms with Crippen molar-refractivity contribution in [1.82, 2.24) is 4.90 Å². The topological polar surface area (TPSA) is 80.0 Å². The lowest BCUT2D eigenvalue weighted by Crippen LogP contribution is -2.56. The van der Waals surface area contributed by atoms with Crippen LogP contribution in [0.2, 0.25) is 0 Å². The second-order valence-corrected chi connectivity index (χ2v) is 9.81. The van der Waals surface area contributed by atoms with E-state index in [9.17, 15) is 14.7 Å². The number of nitrogens with zero attached hydrogens (tertiary/aromatic N) is 1. The summed E-state index contributed by atoms with van der Waals surface area (Å²) < 4.78 is 11.7. The molecule has 0 bridgehead atoms. The van der Waals surface area contributed by atoms with Crippen molar-refractivity contribution in [2.75, 3.05) is 13.1 Å². The Morgan fingerprint density at radius 3 is 2.84 bits per heavy atom. The number of aliphatic hydroxyl groups is 1. The van der Waals surface area contributed by atoms with Gasteiger partial charge in [-0.2, -0.15) is 0 Å². The molecule has 6 nitrogen and oxygen atoms in total. The number of fused-ring (bicyclic) bond motifs is 4. The molecule has 1 aromatic heterocycles. The number of ether oxygens (including phenoxy) is 1. The standard InChI is InChI=1S/C26H33NO5/c1-2-22(24(28)27-14-13-26(30)12-6-5-7-17(26)16-27)31-18-10-11-20-19-8-3-4-9-21(19)25(29)32-23(20)15-18/h10-11,15,17,22,30H,2-9,12-14,16H2,1H3/t17-,22?,26-/m0/s1. The maximum Gasteiger partial charge on any atom is 0.339 e. The van der Waals surface area contributed by atoms with Gasteiger partial charge in [0.25, 0.3) is 5.91 Å². The van der Waals surface area contributed by atoms with Gasteiger partial charge in [0.15, 0.2) is 6.10 Å². The molecule has 32 heavy (non-hydrogen) atoms. The summed E-state index contributed by atoms with van der Waals surface area (Å²) in [4.78, 5) is 27.6. The Hall–Kier alpha value is -2.34. The highest BCUT2D eigenvalue weighted by atomic mass is 16.5. The number of benzene rings is 1. The molecule has 0 spiro atoms. The summed E-state index contributed by atoms with van der Waals surface area (Å²) >= 11 is 0. The summed E-state index contributed by atoms with van der Waals surface area (Å²) in [6.45, 7) is 3.12. The monoisotopic (exact) mass is 439 g/mol. The molecule has 1 aliphatic heterocycles. The molecule has 172 valence electrons. The number of piperidine rings is 1. The molecule has 0 radical (unpaired) electrons. The lowest BCUT2D eigenvalue weighted by atomic mass is 9.71. The second-order valence-electron chi connectivity index (χ2n) is 9.81. The first-order chi connectivity index (χ1) is 15.5. The normalized spacial score (nSPS) is 26.3. The fourth-order valence-corrected chi connectivity index (χ4v) is 5.95. The average molecular weight is 440 g/mol. The fourth-order valence-electron chi connectivity index (χ4n) is 5.95. The largest absolute Gasteiger partial charge is 0.480 e. The van der Waals surface area contributed by atoms with Gasteiger partial charge in [0, 0.05) is 36.0 Å². The minimum absolute atomic E-state index is 0.0212. The minimum Gasteiger partial charge on any atom is -0.480 e. The first kappa shape index (κ1) is 21.5. The van der Waals surface area contributed by atoms with Crippen LogP contribution in [-0.4, -0.2) is 40.7 Å². The smallest absolute Gasteiger partial charge is 0.339 e. The van der Waals surface area contributed by atoms with E-state index in [-0.39, 0.29) is 17.5 Å². The molecular formula is C26H33NO5. The van der Waals surface area contributed by atoms with E-state index in [1.807, 2.05) is 24.0 Å². The summed E-state index contributed by atoms with van der Waals surface area (Å²) in [6.07, 6.45) is 8.42. The number of carbonyl (C=O) groups is 1. The fraction of sp³-hybridized carbons (Fsp3) is 0.615. The number of hydrogen-bond acceptors (Lipinski definition) is 5. The highest BCUT2D eigenvalue weighted by molar-refractivity contribution is 5.84. The molecule has 6 heteroatoms. The maximum absolute atomic E-state index is 13.3. The Morgan fingerprint density at radius 1 is 1.22 bits per heavy atom. The van der Waals surface area contributed by atoms with Crippen molar-refractivity contribution in [3.05, 3.63) is 39.7 Å². The van der Waals surface area contributed by atoms with Crippen LogP contribution in [-0.2, 0) is 17.6 Å². The van der Waals surface area contributed by atoms with Gasteiger partial charge in [-0.3, -0.25) is 4.79 Å². The van der Waals surface area contributed by atoms with E-state index in [1.54, 1.807) is 6.07 Å². The zero-order valence-corrected chi connectivity index (χ0v) is 18.9. The highest BCUT2D eigenvalue weighted by Crippen LogP contribution is 2.40. The molecular weight excluding hydrogens is 406 g/mol. The van der Waals surface area contributed by atoms with Crippen molar-refractivity contribution in [2.45, 2.75) is 82.8 Å². The van der Waals surface area contributed by atoms with Crippen LogP contribution < -0.4 is 10.4 Å². The highest BCUT2D eigenvalue weighted by Gasteiger charge is 2.44. The number of aryl methyl sites for hydroxylation is 1. The average Bonchev–Trinajstić information content (AvgIpc) is 2.81. The van der Waals surface area contributed by atoms with Gasteiger partial charge in [0.2, 0.25) is 0 Å². The molecule has 1 saturated carbocycles. The van der Waals surface area contributed by atoms with Crippen molar-refractivity contribution in [2.24, 2.45) is 5.92 Å². The van der Waals surface area contributed by atoms with Gasteiger partial charge in [0.1, 0.15) is 11.3 Å². The van der Waals surface area contributed by atoms with E-state index in [1.165, 1.54) is 0 Å². The van der Waals surface area contributed by atoms with E-state index in [2.05, 4.69) is 0 Å². The van der Waals surface area contributed by atoms with Crippen molar-refractivity contribution < 1.29 is 19.1 Å². The molecule has 3 atom stereocenters. The zero-order chi connectivity index (χ0) is 22.3. The molecule has 2 aliphatic carbocycles. The summed E-state index contributed by atoms with van der Waals surface area (Å²) in [7, 11) is 0. The quantitative estimate of drug-likeness (QED) is 0.729. The van der Waals surface area contributed by atoms with Gasteiger partial charge in [-0.1, -0.05) is 19.8 Å². The van der Waals surface area contributed by atoms with Gasteiger partial charge in [-0.25, -0.2) is 4.79 Å². The minimum atomic E-state index is -0.605. The van der Waals surface area contributed by atoms with Gasteiger partial charge < -0.3 is 19.2 Å². The van der Waals surface area contributed by atoms with Crippen molar-refractivity contribution in [3.8, 4) is 5.75 Å². The van der Waals surface area contributed by atoms with Crippen LogP contribution in [0.1, 0.15) is 69.4 Å². The first-order valence-electron chi connectivity index (χ1n) is 12.2. The van der Waals surface area contributed by atoms with Crippen LogP contribution in [0, 0.1) is 5.92 Å². The van der Waals surface area contributed by atoms with E-state index in [4.69, 9.17) is 9.15 Å². The van der Waals surface area contributed by atoms with Crippen LogP contribution in [0.25, 0.3) is 11.0 Å². The van der Waals surface area contributed by atoms with Crippen molar-refractivity contribution >= 4 is 16.9 Å². The van der Waals surface area contributed by atoms with Crippen molar-refractivity contribution in [3.63, 3.8) is 0 Å². The second kappa shape index (κ2) is 8.54. The summed E-state index contributed by atoms with van der Waals surface area (Å²) in [5.74, 6) is 0.683. The van der Waals surface area contributed by atoms with Crippen LogP contribution in [0.5, 0.6) is 5.75 Å². The van der Waals surface area contributed by atoms with Gasteiger partial charge in [-0.05, 0) is 69.1 Å². The van der Waals surface area contributed by atoms with Gasteiger partial charge in [0.05, 0.1) is 5.60 Å². The van der Waals surface area contributed by atoms with Gasteiger partial charge in [-0.15, -0.1) is 0 Å². The van der Waals surface area contributed by atoms with Crippen LogP contribution >= 0.6 is 0 Å². The SMILES string of the molecule is CCC(Oc1ccc2c3c(c(=O)oc2c1)CCCC3)C(=O)N1CC[C@@]2(O)CCCC[C@H]2C1. The summed E-state index contributed by atoms with van der Waals surface area (Å²) in [5, 5.41) is 11.9. The lowest BCUT2D eigenvalue weighted by molar-refractivity contribution is -0.150. The molecule has 5 rings (SSSR count). The Morgan fingerprint density at radius 2 is 2.03 bits per heavy atom. The lowest BCUT2D eigenvalue weighted by Gasteiger charge is -2.47. The predicted octanol–water partition coefficient (Wildman–Crippen LogP) is 3.98. The maximum atomic E-state index is 13.3. The van der Waals surface area contributed by atoms with Crippen molar-refractivity contribution in [1.29, 1.82) is 0 Å².